The minimum absolute atomic E-state index is 0.0206. The molecular formula is C22H34N4O2. The number of hydrogen-bond acceptors (Lipinski definition) is 4. The predicted octanol–water partition coefficient (Wildman–Crippen LogP) is 2.75. The van der Waals surface area contributed by atoms with Crippen molar-refractivity contribution in [2.24, 2.45) is 11.8 Å². The van der Waals surface area contributed by atoms with Crippen LogP contribution in [0, 0.1) is 11.8 Å². The van der Waals surface area contributed by atoms with Crippen LogP contribution in [0.25, 0.3) is 0 Å². The number of hydrogen-bond donors (Lipinski definition) is 1. The molecular weight excluding hydrogens is 352 g/mol. The van der Waals surface area contributed by atoms with Gasteiger partial charge in [-0.3, -0.25) is 14.4 Å². The molecule has 0 radical (unpaired) electrons. The predicted molar refractivity (Wildman–Crippen MR) is 109 cm³/mol. The van der Waals surface area contributed by atoms with Crippen LogP contribution in [0.4, 0.5) is 0 Å². The first-order valence-electron chi connectivity index (χ1n) is 10.9. The Morgan fingerprint density at radius 2 is 2.39 bits per heavy atom. The van der Waals surface area contributed by atoms with Crippen molar-refractivity contribution in [1.82, 2.24) is 20.0 Å². The third-order valence-corrected chi connectivity index (χ3v) is 6.82. The first-order chi connectivity index (χ1) is 13.6. The van der Waals surface area contributed by atoms with Crippen LogP contribution < -0.4 is 5.32 Å². The van der Waals surface area contributed by atoms with Crippen LogP contribution in [0.5, 0.6) is 0 Å². The van der Waals surface area contributed by atoms with Gasteiger partial charge in [0.1, 0.15) is 0 Å². The minimum atomic E-state index is 0.0206. The summed E-state index contributed by atoms with van der Waals surface area (Å²) in [4.78, 5) is 14.7. The lowest BCUT2D eigenvalue weighted by atomic mass is 9.73. The summed E-state index contributed by atoms with van der Waals surface area (Å²) in [5.74, 6) is 1.18. The van der Waals surface area contributed by atoms with Gasteiger partial charge in [-0.2, -0.15) is 5.10 Å². The van der Waals surface area contributed by atoms with Gasteiger partial charge in [0.15, 0.2) is 0 Å². The van der Waals surface area contributed by atoms with E-state index in [-0.39, 0.29) is 11.5 Å². The Labute approximate surface area is 168 Å². The molecule has 0 aliphatic carbocycles. The fourth-order valence-corrected chi connectivity index (χ4v) is 5.47. The maximum absolute atomic E-state index is 12.2. The van der Waals surface area contributed by atoms with Gasteiger partial charge in [0.2, 0.25) is 5.91 Å². The SMILES string of the molecule is CC=CCCCC(=O)NC[C@H]1[C@H]2CN(Cc3cnn(CC)c3)C[C@]23CC[C@H]1O3. The lowest BCUT2D eigenvalue weighted by molar-refractivity contribution is -0.121. The number of carbonyl (C=O) groups excluding carboxylic acids is 1. The van der Waals surface area contributed by atoms with Gasteiger partial charge in [0.25, 0.3) is 0 Å². The molecule has 6 nitrogen and oxygen atoms in total. The van der Waals surface area contributed by atoms with Crippen molar-refractivity contribution in [3.8, 4) is 0 Å². The van der Waals surface area contributed by atoms with Gasteiger partial charge in [-0.15, -0.1) is 0 Å². The number of aromatic nitrogens is 2. The molecule has 0 aromatic carbocycles. The molecule has 1 spiro atoms. The van der Waals surface area contributed by atoms with Gasteiger partial charge < -0.3 is 10.1 Å². The molecule has 1 aromatic heterocycles. The van der Waals surface area contributed by atoms with Crippen LogP contribution in [0.15, 0.2) is 24.5 Å². The second kappa shape index (κ2) is 8.37. The zero-order valence-electron chi connectivity index (χ0n) is 17.3. The van der Waals surface area contributed by atoms with Crippen molar-refractivity contribution < 1.29 is 9.53 Å². The summed E-state index contributed by atoms with van der Waals surface area (Å²) in [6.07, 6.45) is 13.5. The van der Waals surface area contributed by atoms with Crippen LogP contribution in [-0.4, -0.2) is 51.9 Å². The zero-order chi connectivity index (χ0) is 19.6. The normalized spacial score (nSPS) is 31.7. The summed E-state index contributed by atoms with van der Waals surface area (Å²) in [5.41, 5.74) is 1.30. The Bertz CT molecular complexity index is 715. The third kappa shape index (κ3) is 3.90. The summed E-state index contributed by atoms with van der Waals surface area (Å²) in [6, 6.07) is 0. The van der Waals surface area contributed by atoms with Gasteiger partial charge in [0, 0.05) is 62.7 Å². The van der Waals surface area contributed by atoms with Crippen LogP contribution in [0.3, 0.4) is 0 Å². The smallest absolute Gasteiger partial charge is 0.220 e. The van der Waals surface area contributed by atoms with Crippen molar-refractivity contribution in [3.05, 3.63) is 30.1 Å². The molecule has 3 saturated heterocycles. The maximum atomic E-state index is 12.2. The van der Waals surface area contributed by atoms with E-state index >= 15 is 0 Å². The number of unbranched alkanes of at least 4 members (excludes halogenated alkanes) is 1. The van der Waals surface area contributed by atoms with E-state index in [1.165, 1.54) is 12.0 Å². The monoisotopic (exact) mass is 386 g/mol. The number of carbonyl (C=O) groups is 1. The lowest BCUT2D eigenvalue weighted by Crippen LogP contribution is -2.41. The van der Waals surface area contributed by atoms with Crippen molar-refractivity contribution in [2.75, 3.05) is 19.6 Å². The first kappa shape index (κ1) is 19.6. The molecule has 1 amide bonds. The third-order valence-electron chi connectivity index (χ3n) is 6.82. The highest BCUT2D eigenvalue weighted by atomic mass is 16.5. The Morgan fingerprint density at radius 3 is 3.18 bits per heavy atom. The highest BCUT2D eigenvalue weighted by Crippen LogP contribution is 2.54. The van der Waals surface area contributed by atoms with E-state index in [9.17, 15) is 4.79 Å². The van der Waals surface area contributed by atoms with Crippen molar-refractivity contribution in [1.29, 1.82) is 0 Å². The van der Waals surface area contributed by atoms with Gasteiger partial charge in [-0.25, -0.2) is 0 Å². The fourth-order valence-electron chi connectivity index (χ4n) is 5.47. The van der Waals surface area contributed by atoms with E-state index in [4.69, 9.17) is 4.74 Å². The van der Waals surface area contributed by atoms with E-state index in [1.807, 2.05) is 23.9 Å². The van der Waals surface area contributed by atoms with Gasteiger partial charge in [-0.05, 0) is 39.5 Å². The molecule has 0 saturated carbocycles. The van der Waals surface area contributed by atoms with Crippen LogP contribution >= 0.6 is 0 Å². The van der Waals surface area contributed by atoms with Crippen molar-refractivity contribution in [3.63, 3.8) is 0 Å². The molecule has 2 bridgehead atoms. The van der Waals surface area contributed by atoms with E-state index in [1.54, 1.807) is 0 Å². The Kier molecular flexibility index (Phi) is 5.88. The Balaban J connectivity index is 1.30. The van der Waals surface area contributed by atoms with E-state index < -0.39 is 0 Å². The van der Waals surface area contributed by atoms with E-state index in [0.717, 1.165) is 52.0 Å². The molecule has 0 unspecified atom stereocenters. The van der Waals surface area contributed by atoms with Crippen LogP contribution in [0.2, 0.25) is 0 Å². The van der Waals surface area contributed by atoms with E-state index in [0.29, 0.717) is 24.4 Å². The van der Waals surface area contributed by atoms with Crippen molar-refractivity contribution >= 4 is 5.91 Å². The molecule has 4 rings (SSSR count). The molecule has 6 heteroatoms. The van der Waals surface area contributed by atoms with E-state index in [2.05, 4.69) is 34.5 Å². The van der Waals surface area contributed by atoms with Crippen LogP contribution in [0.1, 0.15) is 51.5 Å². The number of amides is 1. The summed E-state index contributed by atoms with van der Waals surface area (Å²) in [6.45, 7) is 8.83. The highest BCUT2D eigenvalue weighted by molar-refractivity contribution is 5.75. The number of nitrogens with zero attached hydrogens (tertiary/aromatic N) is 3. The van der Waals surface area contributed by atoms with Gasteiger partial charge in [0.05, 0.1) is 17.9 Å². The number of fused-ring (bicyclic) bond motifs is 1. The topological polar surface area (TPSA) is 59.4 Å². The second-order valence-electron chi connectivity index (χ2n) is 8.67. The number of ether oxygens (including phenoxy) is 1. The average Bonchev–Trinajstić information content (AvgIpc) is 3.44. The standard InChI is InChI=1S/C22H34N4O2/c1-3-5-6-7-8-21(27)23-12-18-19-15-25(13-17-11-24-26(4-2)14-17)16-22(19)10-9-20(18)28-22/h3,5,11,14,18-20H,4,6-10,12-13,15-16H2,1-2H3,(H,23,27)/t18-,19+,20+,22+/m0/s1. The Morgan fingerprint density at radius 1 is 1.50 bits per heavy atom. The molecule has 1 N–H and O–H groups in total. The number of likely N-dealkylation sites (tertiary alicyclic amines) is 1. The first-order valence-corrected chi connectivity index (χ1v) is 10.9. The second-order valence-corrected chi connectivity index (χ2v) is 8.67. The Hall–Kier alpha value is -1.66. The molecule has 154 valence electrons. The van der Waals surface area contributed by atoms with Gasteiger partial charge >= 0.3 is 0 Å². The summed E-state index contributed by atoms with van der Waals surface area (Å²) < 4.78 is 8.50. The average molecular weight is 387 g/mol. The van der Waals surface area contributed by atoms with Gasteiger partial charge in [-0.1, -0.05) is 12.2 Å². The maximum Gasteiger partial charge on any atom is 0.220 e. The molecule has 3 aliphatic rings. The molecule has 4 atom stereocenters. The molecule has 3 aliphatic heterocycles. The molecule has 4 heterocycles. The number of allylic oxidation sites excluding steroid dienone is 2. The number of nitrogens with one attached hydrogen (secondary N) is 1. The molecule has 3 fully saturated rings. The largest absolute Gasteiger partial charge is 0.370 e. The van der Waals surface area contributed by atoms with Crippen LogP contribution in [-0.2, 0) is 22.6 Å². The summed E-state index contributed by atoms with van der Waals surface area (Å²) in [7, 11) is 0. The fraction of sp³-hybridized carbons (Fsp3) is 0.727. The molecule has 1 aromatic rings. The number of aryl methyl sites for hydroxylation is 1. The quantitative estimate of drug-likeness (QED) is 0.524. The highest BCUT2D eigenvalue weighted by Gasteiger charge is 2.62. The zero-order valence-corrected chi connectivity index (χ0v) is 17.3. The summed E-state index contributed by atoms with van der Waals surface area (Å²) >= 11 is 0. The molecule has 28 heavy (non-hydrogen) atoms. The van der Waals surface area contributed by atoms with Crippen molar-refractivity contribution in [2.45, 2.75) is 70.7 Å². The minimum Gasteiger partial charge on any atom is -0.370 e. The lowest BCUT2D eigenvalue weighted by Gasteiger charge is -2.29. The number of rotatable bonds is 9. The summed E-state index contributed by atoms with van der Waals surface area (Å²) in [5, 5.41) is 7.60.